The Kier molecular flexibility index (Phi) is 3.22. The highest BCUT2D eigenvalue weighted by atomic mass is 32.1. The van der Waals surface area contributed by atoms with Gasteiger partial charge in [-0.25, -0.2) is 13.2 Å². The van der Waals surface area contributed by atoms with Crippen molar-refractivity contribution < 1.29 is 13.2 Å². The zero-order valence-electron chi connectivity index (χ0n) is 10.00. The van der Waals surface area contributed by atoms with Gasteiger partial charge >= 0.3 is 0 Å². The predicted octanol–water partition coefficient (Wildman–Crippen LogP) is 4.73. The average Bonchev–Trinajstić information content (AvgIpc) is 3.06. The van der Waals surface area contributed by atoms with E-state index < -0.39 is 17.5 Å². The molecule has 2 aromatic rings. The molecule has 1 aromatic carbocycles. The highest BCUT2D eigenvalue weighted by Gasteiger charge is 2.33. The van der Waals surface area contributed by atoms with Gasteiger partial charge in [0.25, 0.3) is 0 Å². The van der Waals surface area contributed by atoms with Crippen molar-refractivity contribution in [1.29, 1.82) is 0 Å². The Labute approximate surface area is 113 Å². The summed E-state index contributed by atoms with van der Waals surface area (Å²) in [6, 6.07) is 5.35. The summed E-state index contributed by atoms with van der Waals surface area (Å²) in [5.41, 5.74) is -0.109. The Morgan fingerprint density at radius 3 is 2.63 bits per heavy atom. The van der Waals surface area contributed by atoms with Crippen LogP contribution in [0.15, 0.2) is 29.6 Å². The van der Waals surface area contributed by atoms with E-state index in [2.05, 4.69) is 5.32 Å². The first-order chi connectivity index (χ1) is 9.15. The molecule has 0 saturated heterocycles. The molecule has 1 aromatic heterocycles. The molecule has 1 aliphatic carbocycles. The van der Waals surface area contributed by atoms with Crippen LogP contribution in [0.5, 0.6) is 0 Å². The van der Waals surface area contributed by atoms with Gasteiger partial charge in [0.15, 0.2) is 11.6 Å². The van der Waals surface area contributed by atoms with E-state index in [9.17, 15) is 13.2 Å². The molecule has 0 radical (unpaired) electrons. The van der Waals surface area contributed by atoms with Gasteiger partial charge in [0.2, 0.25) is 0 Å². The maximum atomic E-state index is 13.7. The van der Waals surface area contributed by atoms with Gasteiger partial charge in [-0.05, 0) is 30.2 Å². The quantitative estimate of drug-likeness (QED) is 0.800. The summed E-state index contributed by atoms with van der Waals surface area (Å²) in [5.74, 6) is -2.56. The van der Waals surface area contributed by atoms with Crippen molar-refractivity contribution in [3.05, 3.63) is 52.0 Å². The number of anilines is 1. The largest absolute Gasteiger partial charge is 0.375 e. The molecule has 1 heterocycles. The van der Waals surface area contributed by atoms with Crippen LogP contribution >= 0.6 is 11.3 Å². The van der Waals surface area contributed by atoms with E-state index in [1.54, 1.807) is 11.3 Å². The van der Waals surface area contributed by atoms with Crippen LogP contribution in [0.3, 0.4) is 0 Å². The molecule has 1 nitrogen and oxygen atoms in total. The summed E-state index contributed by atoms with van der Waals surface area (Å²) in [7, 11) is 0. The van der Waals surface area contributed by atoms with Crippen molar-refractivity contribution in [3.63, 3.8) is 0 Å². The molecule has 0 bridgehead atoms. The zero-order valence-corrected chi connectivity index (χ0v) is 10.8. The number of rotatable bonds is 4. The van der Waals surface area contributed by atoms with Crippen molar-refractivity contribution in [3.8, 4) is 0 Å². The van der Waals surface area contributed by atoms with E-state index in [1.807, 2.05) is 17.5 Å². The maximum absolute atomic E-state index is 13.7. The molecule has 0 aliphatic heterocycles. The molecule has 1 aliphatic rings. The van der Waals surface area contributed by atoms with Crippen LogP contribution in [0, 0.1) is 23.4 Å². The molecular formula is C14H12F3NS. The van der Waals surface area contributed by atoms with Gasteiger partial charge in [0, 0.05) is 17.0 Å². The highest BCUT2D eigenvalue weighted by Crippen LogP contribution is 2.44. The molecular weight excluding hydrogens is 271 g/mol. The van der Waals surface area contributed by atoms with Crippen LogP contribution in [-0.2, 0) is 0 Å². The minimum absolute atomic E-state index is 0.0734. The van der Waals surface area contributed by atoms with Gasteiger partial charge < -0.3 is 5.32 Å². The van der Waals surface area contributed by atoms with Crippen molar-refractivity contribution in [1.82, 2.24) is 0 Å². The van der Waals surface area contributed by atoms with Crippen LogP contribution in [0.4, 0.5) is 18.9 Å². The summed E-state index contributed by atoms with van der Waals surface area (Å²) < 4.78 is 40.0. The van der Waals surface area contributed by atoms with Crippen molar-refractivity contribution in [2.45, 2.75) is 18.9 Å². The first kappa shape index (κ1) is 12.5. The molecule has 1 saturated carbocycles. The third-order valence-corrected chi connectivity index (χ3v) is 4.20. The molecule has 1 N–H and O–H groups in total. The first-order valence-corrected chi connectivity index (χ1v) is 6.97. The molecule has 1 atom stereocenters. The summed E-state index contributed by atoms with van der Waals surface area (Å²) >= 11 is 1.56. The smallest absolute Gasteiger partial charge is 0.182 e. The fraction of sp³-hybridized carbons (Fsp3) is 0.286. The second-order valence-electron chi connectivity index (χ2n) is 4.72. The fourth-order valence-electron chi connectivity index (χ4n) is 2.15. The lowest BCUT2D eigenvalue weighted by atomic mass is 10.1. The second-order valence-corrected chi connectivity index (χ2v) is 5.70. The second kappa shape index (κ2) is 4.89. The van der Waals surface area contributed by atoms with Crippen LogP contribution in [0.25, 0.3) is 0 Å². The van der Waals surface area contributed by atoms with Crippen LogP contribution in [-0.4, -0.2) is 0 Å². The highest BCUT2D eigenvalue weighted by molar-refractivity contribution is 7.10. The monoisotopic (exact) mass is 283 g/mol. The predicted molar refractivity (Wildman–Crippen MR) is 69.7 cm³/mol. The lowest BCUT2D eigenvalue weighted by Gasteiger charge is -2.19. The lowest BCUT2D eigenvalue weighted by molar-refractivity contribution is 0.495. The Bertz CT molecular complexity index is 579. The minimum atomic E-state index is -1.16. The molecule has 5 heteroatoms. The SMILES string of the molecule is Fc1cc(F)c(F)c(NC(c2cccs2)C2CC2)c1. The van der Waals surface area contributed by atoms with Crippen molar-refractivity contribution in [2.75, 3.05) is 5.32 Å². The number of thiophene rings is 1. The van der Waals surface area contributed by atoms with Crippen LogP contribution in [0.1, 0.15) is 23.8 Å². The lowest BCUT2D eigenvalue weighted by Crippen LogP contribution is -2.13. The Morgan fingerprint density at radius 1 is 1.21 bits per heavy atom. The summed E-state index contributed by atoms with van der Waals surface area (Å²) in [5, 5.41) is 4.89. The molecule has 1 fully saturated rings. The van der Waals surface area contributed by atoms with Gasteiger partial charge in [-0.15, -0.1) is 11.3 Å². The number of benzene rings is 1. The number of hydrogen-bond donors (Lipinski definition) is 1. The zero-order chi connectivity index (χ0) is 13.4. The van der Waals surface area contributed by atoms with E-state index in [-0.39, 0.29) is 11.7 Å². The first-order valence-electron chi connectivity index (χ1n) is 6.09. The fourth-order valence-corrected chi connectivity index (χ4v) is 3.02. The number of halogens is 3. The van der Waals surface area contributed by atoms with Crippen molar-refractivity contribution >= 4 is 17.0 Å². The van der Waals surface area contributed by atoms with E-state index in [0.29, 0.717) is 12.0 Å². The Morgan fingerprint density at radius 2 is 2.00 bits per heavy atom. The summed E-state index contributed by atoms with van der Waals surface area (Å²) in [4.78, 5) is 1.06. The normalized spacial score (nSPS) is 16.4. The molecule has 100 valence electrons. The average molecular weight is 283 g/mol. The van der Waals surface area contributed by atoms with E-state index in [4.69, 9.17) is 0 Å². The van der Waals surface area contributed by atoms with Gasteiger partial charge in [-0.2, -0.15) is 0 Å². The summed E-state index contributed by atoms with van der Waals surface area (Å²) in [6.45, 7) is 0. The van der Waals surface area contributed by atoms with Crippen molar-refractivity contribution in [2.24, 2.45) is 5.92 Å². The summed E-state index contributed by atoms with van der Waals surface area (Å²) in [6.07, 6.45) is 2.10. The van der Waals surface area contributed by atoms with E-state index in [1.165, 1.54) is 0 Å². The maximum Gasteiger partial charge on any atom is 0.182 e. The minimum Gasteiger partial charge on any atom is -0.375 e. The molecule has 19 heavy (non-hydrogen) atoms. The molecule has 0 spiro atoms. The van der Waals surface area contributed by atoms with Gasteiger partial charge in [0.1, 0.15) is 5.82 Å². The van der Waals surface area contributed by atoms with Gasteiger partial charge in [-0.3, -0.25) is 0 Å². The number of hydrogen-bond acceptors (Lipinski definition) is 2. The molecule has 1 unspecified atom stereocenters. The Hall–Kier alpha value is -1.49. The third kappa shape index (κ3) is 2.61. The number of nitrogens with one attached hydrogen (secondary N) is 1. The van der Waals surface area contributed by atoms with Gasteiger partial charge in [-0.1, -0.05) is 6.07 Å². The van der Waals surface area contributed by atoms with Crippen LogP contribution < -0.4 is 5.32 Å². The van der Waals surface area contributed by atoms with E-state index >= 15 is 0 Å². The standard InChI is InChI=1S/C14H12F3NS/c15-9-6-10(16)13(17)11(7-9)18-14(8-3-4-8)12-2-1-5-19-12/h1-2,5-8,14,18H,3-4H2. The van der Waals surface area contributed by atoms with Gasteiger partial charge in [0.05, 0.1) is 11.7 Å². The third-order valence-electron chi connectivity index (χ3n) is 3.25. The molecule has 3 rings (SSSR count). The topological polar surface area (TPSA) is 12.0 Å². The van der Waals surface area contributed by atoms with E-state index in [0.717, 1.165) is 23.8 Å². The Balaban J connectivity index is 1.90. The van der Waals surface area contributed by atoms with Crippen LogP contribution in [0.2, 0.25) is 0 Å². The molecule has 0 amide bonds.